The van der Waals surface area contributed by atoms with Crippen molar-refractivity contribution >= 4 is 11.6 Å². The summed E-state index contributed by atoms with van der Waals surface area (Å²) in [4.78, 5) is 14.5. The first-order valence-corrected chi connectivity index (χ1v) is 7.55. The van der Waals surface area contributed by atoms with Gasteiger partial charge in [0.2, 0.25) is 5.91 Å². The summed E-state index contributed by atoms with van der Waals surface area (Å²) in [5.74, 6) is 0.165. The van der Waals surface area contributed by atoms with Crippen molar-refractivity contribution in [3.05, 3.63) is 29.3 Å². The third kappa shape index (κ3) is 2.66. The van der Waals surface area contributed by atoms with Gasteiger partial charge in [0.25, 0.3) is 0 Å². The van der Waals surface area contributed by atoms with Crippen LogP contribution in [0.15, 0.2) is 18.2 Å². The van der Waals surface area contributed by atoms with Gasteiger partial charge in [-0.05, 0) is 43.0 Å². The maximum absolute atomic E-state index is 12.3. The van der Waals surface area contributed by atoms with Crippen LogP contribution in [-0.2, 0) is 17.9 Å². The third-order valence-electron chi connectivity index (χ3n) is 4.61. The van der Waals surface area contributed by atoms with Crippen LogP contribution in [0.3, 0.4) is 0 Å². The molecular weight excluding hydrogens is 250 g/mol. The van der Waals surface area contributed by atoms with Crippen molar-refractivity contribution in [3.8, 4) is 0 Å². The number of fused-ring (bicyclic) bond motifs is 1. The molecule has 1 aliphatic heterocycles. The van der Waals surface area contributed by atoms with Gasteiger partial charge in [0.15, 0.2) is 0 Å². The molecule has 1 saturated carbocycles. The fraction of sp³-hybridized carbons (Fsp3) is 0.562. The maximum Gasteiger partial charge on any atom is 0.237 e. The molecule has 1 amide bonds. The predicted molar refractivity (Wildman–Crippen MR) is 80.0 cm³/mol. The Morgan fingerprint density at radius 3 is 2.75 bits per heavy atom. The molecule has 1 heterocycles. The monoisotopic (exact) mass is 273 g/mol. The van der Waals surface area contributed by atoms with E-state index in [0.29, 0.717) is 6.04 Å². The molecule has 4 heteroatoms. The summed E-state index contributed by atoms with van der Waals surface area (Å²) in [7, 11) is 0. The number of nitrogens with zero attached hydrogens (tertiary/aromatic N) is 1. The van der Waals surface area contributed by atoms with Crippen LogP contribution in [0.25, 0.3) is 0 Å². The van der Waals surface area contributed by atoms with Crippen molar-refractivity contribution in [1.29, 1.82) is 0 Å². The lowest BCUT2D eigenvalue weighted by atomic mass is 10.1. The van der Waals surface area contributed by atoms with E-state index < -0.39 is 0 Å². The van der Waals surface area contributed by atoms with Crippen LogP contribution in [0.2, 0.25) is 0 Å². The van der Waals surface area contributed by atoms with E-state index in [-0.39, 0.29) is 11.9 Å². The van der Waals surface area contributed by atoms with E-state index in [9.17, 15) is 4.79 Å². The van der Waals surface area contributed by atoms with E-state index in [1.54, 1.807) is 0 Å². The molecule has 1 atom stereocenters. The van der Waals surface area contributed by atoms with Gasteiger partial charge in [0, 0.05) is 24.8 Å². The second kappa shape index (κ2) is 5.44. The van der Waals surface area contributed by atoms with E-state index >= 15 is 0 Å². The predicted octanol–water partition coefficient (Wildman–Crippen LogP) is 2.03. The van der Waals surface area contributed by atoms with Crippen molar-refractivity contribution < 1.29 is 4.79 Å². The van der Waals surface area contributed by atoms with Crippen LogP contribution in [-0.4, -0.2) is 22.9 Å². The molecule has 1 unspecified atom stereocenters. The number of hydrogen-bond acceptors (Lipinski definition) is 3. The van der Waals surface area contributed by atoms with Gasteiger partial charge in [0.1, 0.15) is 0 Å². The SMILES string of the molecule is CC(C(=O)NC1CCCC1)N1Cc2ccc(N)cc2C1. The summed E-state index contributed by atoms with van der Waals surface area (Å²) in [6.45, 7) is 3.66. The zero-order valence-electron chi connectivity index (χ0n) is 12.1. The van der Waals surface area contributed by atoms with Crippen LogP contribution in [0.5, 0.6) is 0 Å². The molecule has 4 nitrogen and oxygen atoms in total. The summed E-state index contributed by atoms with van der Waals surface area (Å²) in [6.07, 6.45) is 4.76. The zero-order chi connectivity index (χ0) is 14.1. The first-order chi connectivity index (χ1) is 9.63. The van der Waals surface area contributed by atoms with Crippen LogP contribution in [0, 0.1) is 0 Å². The van der Waals surface area contributed by atoms with Crippen LogP contribution < -0.4 is 11.1 Å². The minimum atomic E-state index is -0.0794. The van der Waals surface area contributed by atoms with Gasteiger partial charge >= 0.3 is 0 Å². The molecule has 3 rings (SSSR count). The van der Waals surface area contributed by atoms with Gasteiger partial charge in [-0.2, -0.15) is 0 Å². The summed E-state index contributed by atoms with van der Waals surface area (Å²) in [5, 5.41) is 3.19. The third-order valence-corrected chi connectivity index (χ3v) is 4.61. The first-order valence-electron chi connectivity index (χ1n) is 7.55. The molecule has 0 bridgehead atoms. The van der Waals surface area contributed by atoms with Crippen LogP contribution in [0.4, 0.5) is 5.69 Å². The number of benzene rings is 1. The van der Waals surface area contributed by atoms with Crippen molar-refractivity contribution in [3.63, 3.8) is 0 Å². The number of anilines is 1. The molecule has 0 saturated heterocycles. The molecule has 3 N–H and O–H groups in total. The summed E-state index contributed by atoms with van der Waals surface area (Å²) in [6, 6.07) is 6.35. The second-order valence-corrected chi connectivity index (χ2v) is 6.10. The standard InChI is InChI=1S/C16H23N3O/c1-11(16(20)18-15-4-2-3-5-15)19-9-12-6-7-14(17)8-13(12)10-19/h6-8,11,15H,2-5,9-10,17H2,1H3,(H,18,20). The van der Waals surface area contributed by atoms with E-state index in [4.69, 9.17) is 5.73 Å². The van der Waals surface area contributed by atoms with E-state index in [2.05, 4.69) is 16.3 Å². The highest BCUT2D eigenvalue weighted by Gasteiger charge is 2.29. The smallest absolute Gasteiger partial charge is 0.237 e. The molecule has 20 heavy (non-hydrogen) atoms. The lowest BCUT2D eigenvalue weighted by Crippen LogP contribution is -2.45. The highest BCUT2D eigenvalue weighted by molar-refractivity contribution is 5.81. The molecule has 0 radical (unpaired) electrons. The fourth-order valence-corrected chi connectivity index (χ4v) is 3.27. The topological polar surface area (TPSA) is 58.4 Å². The number of carbonyl (C=O) groups is 1. The Kier molecular flexibility index (Phi) is 3.66. The highest BCUT2D eigenvalue weighted by Crippen LogP contribution is 2.26. The molecule has 1 aliphatic carbocycles. The Morgan fingerprint density at radius 2 is 2.00 bits per heavy atom. The normalized spacial score (nSPS) is 20.9. The number of rotatable bonds is 3. The molecule has 0 aromatic heterocycles. The Balaban J connectivity index is 1.61. The Hall–Kier alpha value is -1.55. The summed E-state index contributed by atoms with van der Waals surface area (Å²) < 4.78 is 0. The molecular formula is C16H23N3O. The van der Waals surface area contributed by atoms with E-state index in [1.807, 2.05) is 19.1 Å². The molecule has 2 aliphatic rings. The van der Waals surface area contributed by atoms with E-state index in [1.165, 1.54) is 24.0 Å². The molecule has 1 fully saturated rings. The highest BCUT2D eigenvalue weighted by atomic mass is 16.2. The Morgan fingerprint density at radius 1 is 1.30 bits per heavy atom. The Bertz CT molecular complexity index is 508. The maximum atomic E-state index is 12.3. The number of carbonyl (C=O) groups excluding carboxylic acids is 1. The van der Waals surface area contributed by atoms with Crippen molar-refractivity contribution in [2.75, 3.05) is 5.73 Å². The number of nitrogens with one attached hydrogen (secondary N) is 1. The van der Waals surface area contributed by atoms with Gasteiger partial charge in [0.05, 0.1) is 6.04 Å². The van der Waals surface area contributed by atoms with Gasteiger partial charge < -0.3 is 11.1 Å². The van der Waals surface area contributed by atoms with Gasteiger partial charge in [-0.25, -0.2) is 0 Å². The average Bonchev–Trinajstić information content (AvgIpc) is 3.06. The number of amides is 1. The van der Waals surface area contributed by atoms with Crippen molar-refractivity contribution in [2.45, 2.75) is 57.8 Å². The number of nitrogen functional groups attached to an aromatic ring is 1. The lowest BCUT2D eigenvalue weighted by molar-refractivity contribution is -0.126. The Labute approximate surface area is 120 Å². The second-order valence-electron chi connectivity index (χ2n) is 6.10. The largest absolute Gasteiger partial charge is 0.399 e. The average molecular weight is 273 g/mol. The van der Waals surface area contributed by atoms with Gasteiger partial charge in [-0.15, -0.1) is 0 Å². The first kappa shape index (κ1) is 13.4. The molecule has 1 aromatic carbocycles. The lowest BCUT2D eigenvalue weighted by Gasteiger charge is -2.24. The fourth-order valence-electron chi connectivity index (χ4n) is 3.27. The minimum absolute atomic E-state index is 0.0794. The van der Waals surface area contributed by atoms with E-state index in [0.717, 1.165) is 31.6 Å². The minimum Gasteiger partial charge on any atom is -0.399 e. The van der Waals surface area contributed by atoms with Gasteiger partial charge in [-0.3, -0.25) is 9.69 Å². The van der Waals surface area contributed by atoms with Gasteiger partial charge in [-0.1, -0.05) is 18.9 Å². The molecule has 108 valence electrons. The zero-order valence-corrected chi connectivity index (χ0v) is 12.1. The summed E-state index contributed by atoms with van der Waals surface area (Å²) in [5.41, 5.74) is 9.17. The number of nitrogens with two attached hydrogens (primary N) is 1. The molecule has 0 spiro atoms. The van der Waals surface area contributed by atoms with Crippen molar-refractivity contribution in [1.82, 2.24) is 10.2 Å². The quantitative estimate of drug-likeness (QED) is 0.829. The van der Waals surface area contributed by atoms with Crippen molar-refractivity contribution in [2.24, 2.45) is 0 Å². The number of hydrogen-bond donors (Lipinski definition) is 2. The molecule has 1 aromatic rings. The van der Waals surface area contributed by atoms with Crippen LogP contribution in [0.1, 0.15) is 43.7 Å². The van der Waals surface area contributed by atoms with Crippen LogP contribution >= 0.6 is 0 Å². The summed E-state index contributed by atoms with van der Waals surface area (Å²) >= 11 is 0.